The summed E-state index contributed by atoms with van der Waals surface area (Å²) in [5.74, 6) is -0.403. The Morgan fingerprint density at radius 3 is 2.81 bits per heavy atom. The van der Waals surface area contributed by atoms with Crippen molar-refractivity contribution in [1.29, 1.82) is 0 Å². The Balaban J connectivity index is 1.63. The van der Waals surface area contributed by atoms with Gasteiger partial charge in [0.25, 0.3) is 0 Å². The van der Waals surface area contributed by atoms with E-state index in [0.717, 1.165) is 24.5 Å². The lowest BCUT2D eigenvalue weighted by atomic mass is 10.0. The fourth-order valence-electron chi connectivity index (χ4n) is 3.12. The molecular formula is C20H19F3N2O2. The van der Waals surface area contributed by atoms with Crippen LogP contribution in [-0.4, -0.2) is 18.1 Å². The minimum Gasteiger partial charge on any atom is -0.466 e. The zero-order valence-electron chi connectivity index (χ0n) is 14.7. The highest BCUT2D eigenvalue weighted by Crippen LogP contribution is 2.32. The van der Waals surface area contributed by atoms with Crippen LogP contribution in [-0.2, 0) is 28.7 Å². The van der Waals surface area contributed by atoms with E-state index in [-0.39, 0.29) is 6.04 Å². The molecule has 3 rings (SSSR count). The van der Waals surface area contributed by atoms with Crippen molar-refractivity contribution in [3.05, 3.63) is 70.6 Å². The van der Waals surface area contributed by atoms with Crippen LogP contribution in [0.3, 0.4) is 0 Å². The smallest absolute Gasteiger partial charge is 0.433 e. The van der Waals surface area contributed by atoms with Crippen molar-refractivity contribution in [1.82, 2.24) is 10.3 Å². The van der Waals surface area contributed by atoms with Crippen LogP contribution in [0.15, 0.2) is 42.6 Å². The number of hydrogen-bond donors (Lipinski definition) is 1. The third-order valence-corrected chi connectivity index (χ3v) is 4.53. The second-order valence-corrected chi connectivity index (χ2v) is 6.34. The van der Waals surface area contributed by atoms with E-state index in [2.05, 4.69) is 15.0 Å². The fourth-order valence-corrected chi connectivity index (χ4v) is 3.12. The monoisotopic (exact) mass is 376 g/mol. The lowest BCUT2D eigenvalue weighted by Crippen LogP contribution is -2.19. The molecule has 0 fully saturated rings. The maximum atomic E-state index is 12.6. The Labute approximate surface area is 155 Å². The first kappa shape index (κ1) is 19.1. The van der Waals surface area contributed by atoms with Crippen molar-refractivity contribution in [3.63, 3.8) is 0 Å². The molecular weight excluding hydrogens is 357 g/mol. The normalized spacial score (nSPS) is 16.5. The molecule has 0 radical (unpaired) electrons. The number of nitrogens with one attached hydrogen (secondary N) is 1. The number of methoxy groups -OCH3 is 1. The molecule has 7 heteroatoms. The van der Waals surface area contributed by atoms with E-state index < -0.39 is 17.8 Å². The number of ether oxygens (including phenoxy) is 1. The minimum atomic E-state index is -4.42. The minimum absolute atomic E-state index is 0.140. The van der Waals surface area contributed by atoms with E-state index in [9.17, 15) is 18.0 Å². The van der Waals surface area contributed by atoms with E-state index in [0.29, 0.717) is 12.1 Å². The van der Waals surface area contributed by atoms with Crippen molar-refractivity contribution >= 4 is 12.0 Å². The van der Waals surface area contributed by atoms with Gasteiger partial charge in [0.2, 0.25) is 0 Å². The van der Waals surface area contributed by atoms with Gasteiger partial charge in [0.05, 0.1) is 7.11 Å². The van der Waals surface area contributed by atoms with Crippen LogP contribution in [0.25, 0.3) is 6.08 Å². The molecule has 27 heavy (non-hydrogen) atoms. The number of nitrogens with zero attached hydrogens (tertiary/aromatic N) is 1. The van der Waals surface area contributed by atoms with Gasteiger partial charge >= 0.3 is 12.1 Å². The molecule has 0 spiro atoms. The Hall–Kier alpha value is -2.67. The fraction of sp³-hybridized carbons (Fsp3) is 0.300. The van der Waals surface area contributed by atoms with Crippen LogP contribution in [0.2, 0.25) is 0 Å². The van der Waals surface area contributed by atoms with Gasteiger partial charge in [-0.1, -0.05) is 24.3 Å². The van der Waals surface area contributed by atoms with Gasteiger partial charge in [-0.15, -0.1) is 0 Å². The zero-order valence-corrected chi connectivity index (χ0v) is 14.7. The van der Waals surface area contributed by atoms with Gasteiger partial charge in [0.15, 0.2) is 0 Å². The number of aromatic nitrogens is 1. The number of aryl methyl sites for hydroxylation is 1. The number of pyridine rings is 1. The molecule has 1 atom stereocenters. The van der Waals surface area contributed by atoms with Crippen molar-refractivity contribution in [2.45, 2.75) is 31.6 Å². The summed E-state index contributed by atoms with van der Waals surface area (Å²) in [5, 5.41) is 3.38. The molecule has 4 nitrogen and oxygen atoms in total. The zero-order chi connectivity index (χ0) is 19.4. The van der Waals surface area contributed by atoms with Gasteiger partial charge in [-0.3, -0.25) is 4.98 Å². The van der Waals surface area contributed by atoms with Crippen LogP contribution in [0.4, 0.5) is 13.2 Å². The number of esters is 1. The number of alkyl halides is 3. The first-order chi connectivity index (χ1) is 12.9. The molecule has 0 amide bonds. The highest BCUT2D eigenvalue weighted by atomic mass is 19.4. The lowest BCUT2D eigenvalue weighted by Gasteiger charge is -2.14. The molecule has 1 aromatic carbocycles. The third-order valence-electron chi connectivity index (χ3n) is 4.53. The number of carbonyl (C=O) groups is 1. The van der Waals surface area contributed by atoms with Gasteiger partial charge in [-0.05, 0) is 47.2 Å². The summed E-state index contributed by atoms with van der Waals surface area (Å²) in [7, 11) is 1.33. The molecule has 0 bridgehead atoms. The number of rotatable bonds is 5. The molecule has 0 saturated carbocycles. The average molecular weight is 376 g/mol. The van der Waals surface area contributed by atoms with Crippen molar-refractivity contribution in [2.75, 3.05) is 7.11 Å². The summed E-state index contributed by atoms with van der Waals surface area (Å²) in [6.45, 7) is 0.444. The molecule has 1 heterocycles. The van der Waals surface area contributed by atoms with Gasteiger partial charge in [-0.2, -0.15) is 13.2 Å². The van der Waals surface area contributed by atoms with Gasteiger partial charge in [-0.25, -0.2) is 4.79 Å². The largest absolute Gasteiger partial charge is 0.466 e. The standard InChI is InChI=1S/C20H19F3N2O2/c1-27-19(26)9-4-13-2-6-16-15(10-13)5-7-17(16)24-11-14-3-8-18(25-12-14)20(21,22)23/h2-4,6,8-10,12,17,24H,5,7,11H2,1H3/b9-4+. The van der Waals surface area contributed by atoms with Crippen molar-refractivity contribution in [2.24, 2.45) is 0 Å². The van der Waals surface area contributed by atoms with E-state index in [1.807, 2.05) is 18.2 Å². The number of benzene rings is 1. The maximum Gasteiger partial charge on any atom is 0.433 e. The maximum absolute atomic E-state index is 12.6. The molecule has 0 saturated heterocycles. The number of fused-ring (bicyclic) bond motifs is 1. The number of carbonyl (C=O) groups excluding carboxylic acids is 1. The molecule has 1 aliphatic rings. The summed E-state index contributed by atoms with van der Waals surface area (Å²) >= 11 is 0. The quantitative estimate of drug-likeness (QED) is 0.632. The first-order valence-corrected chi connectivity index (χ1v) is 8.51. The average Bonchev–Trinajstić information content (AvgIpc) is 3.06. The highest BCUT2D eigenvalue weighted by molar-refractivity contribution is 5.86. The molecule has 1 aliphatic carbocycles. The molecule has 1 unspecified atom stereocenters. The van der Waals surface area contributed by atoms with Crippen molar-refractivity contribution < 1.29 is 22.7 Å². The van der Waals surface area contributed by atoms with Crippen LogP contribution >= 0.6 is 0 Å². The first-order valence-electron chi connectivity index (χ1n) is 8.51. The highest BCUT2D eigenvalue weighted by Gasteiger charge is 2.32. The summed E-state index contributed by atoms with van der Waals surface area (Å²) in [4.78, 5) is 14.7. The van der Waals surface area contributed by atoms with Crippen molar-refractivity contribution in [3.8, 4) is 0 Å². The lowest BCUT2D eigenvalue weighted by molar-refractivity contribution is -0.141. The van der Waals surface area contributed by atoms with Crippen LogP contribution in [0.1, 0.15) is 40.4 Å². The van der Waals surface area contributed by atoms with Crippen LogP contribution in [0.5, 0.6) is 0 Å². The third kappa shape index (κ3) is 4.74. The number of hydrogen-bond acceptors (Lipinski definition) is 4. The molecule has 1 N–H and O–H groups in total. The summed E-state index contributed by atoms with van der Waals surface area (Å²) in [5.41, 5.74) is 3.11. The molecule has 2 aromatic rings. The molecule has 1 aromatic heterocycles. The summed E-state index contributed by atoms with van der Waals surface area (Å²) in [6.07, 6.45) is 1.74. The topological polar surface area (TPSA) is 51.2 Å². The van der Waals surface area contributed by atoms with Crippen LogP contribution in [0, 0.1) is 0 Å². The predicted molar refractivity (Wildman–Crippen MR) is 94.6 cm³/mol. The SMILES string of the molecule is COC(=O)/C=C/c1ccc2c(c1)CCC2NCc1ccc(C(F)(F)F)nc1. The van der Waals surface area contributed by atoms with Gasteiger partial charge in [0.1, 0.15) is 5.69 Å². The molecule has 142 valence electrons. The van der Waals surface area contributed by atoms with E-state index in [4.69, 9.17) is 0 Å². The predicted octanol–water partition coefficient (Wildman–Crippen LogP) is 4.06. The summed E-state index contributed by atoms with van der Waals surface area (Å²) < 4.78 is 42.3. The second kappa shape index (κ2) is 7.92. The Kier molecular flexibility index (Phi) is 5.60. The van der Waals surface area contributed by atoms with E-state index in [1.165, 1.54) is 36.6 Å². The Morgan fingerprint density at radius 2 is 2.15 bits per heavy atom. The van der Waals surface area contributed by atoms with E-state index in [1.54, 1.807) is 6.08 Å². The van der Waals surface area contributed by atoms with E-state index >= 15 is 0 Å². The van der Waals surface area contributed by atoms with Gasteiger partial charge in [0, 0.05) is 24.9 Å². The Morgan fingerprint density at radius 1 is 1.33 bits per heavy atom. The van der Waals surface area contributed by atoms with Gasteiger partial charge < -0.3 is 10.1 Å². The van der Waals surface area contributed by atoms with Crippen LogP contribution < -0.4 is 5.32 Å². The summed E-state index contributed by atoms with van der Waals surface area (Å²) in [6, 6.07) is 8.57. The molecule has 0 aliphatic heterocycles. The number of halogens is 3. The Bertz CT molecular complexity index is 845. The second-order valence-electron chi connectivity index (χ2n) is 6.34.